The SMILES string of the molecule is COc1ccnc(C(=O)N[C@@H](C)C(=O)O[C@@H](C)[C@H](CCC(C)C)c2ccccc2)c1OC(=O)C(C)C. The smallest absolute Gasteiger partial charge is 0.328 e. The van der Waals surface area contributed by atoms with Crippen LogP contribution in [-0.4, -0.2) is 42.1 Å². The third-order valence-electron chi connectivity index (χ3n) is 5.83. The summed E-state index contributed by atoms with van der Waals surface area (Å²) >= 11 is 0. The predicted molar refractivity (Wildman–Crippen MR) is 137 cm³/mol. The third kappa shape index (κ3) is 8.07. The Morgan fingerprint density at radius 2 is 1.58 bits per heavy atom. The van der Waals surface area contributed by atoms with E-state index in [4.69, 9.17) is 14.2 Å². The van der Waals surface area contributed by atoms with E-state index in [-0.39, 0.29) is 23.1 Å². The Bertz CT molecular complexity index is 1020. The number of aromatic nitrogens is 1. The zero-order valence-electron chi connectivity index (χ0n) is 22.2. The first-order valence-electron chi connectivity index (χ1n) is 12.4. The lowest BCUT2D eigenvalue weighted by molar-refractivity contribution is -0.151. The molecule has 0 saturated carbocycles. The minimum Gasteiger partial charge on any atom is -0.493 e. The topological polar surface area (TPSA) is 104 Å². The van der Waals surface area contributed by atoms with E-state index in [0.717, 1.165) is 18.4 Å². The number of carbonyl (C=O) groups excluding carboxylic acids is 3. The monoisotopic (exact) mass is 498 g/mol. The normalized spacial score (nSPS) is 13.6. The van der Waals surface area contributed by atoms with Crippen molar-refractivity contribution in [2.45, 2.75) is 72.4 Å². The molecule has 0 aliphatic heterocycles. The van der Waals surface area contributed by atoms with Crippen LogP contribution in [0.15, 0.2) is 42.6 Å². The average Bonchev–Trinajstić information content (AvgIpc) is 2.84. The zero-order valence-corrected chi connectivity index (χ0v) is 22.2. The van der Waals surface area contributed by atoms with Gasteiger partial charge in [0.25, 0.3) is 5.91 Å². The van der Waals surface area contributed by atoms with Crippen LogP contribution in [0.4, 0.5) is 0 Å². The molecule has 0 unspecified atom stereocenters. The Morgan fingerprint density at radius 1 is 0.917 bits per heavy atom. The highest BCUT2D eigenvalue weighted by molar-refractivity contribution is 5.98. The van der Waals surface area contributed by atoms with Gasteiger partial charge in [-0.1, -0.05) is 64.4 Å². The van der Waals surface area contributed by atoms with Gasteiger partial charge in [-0.05, 0) is 31.7 Å². The van der Waals surface area contributed by atoms with Gasteiger partial charge in [-0.3, -0.25) is 9.59 Å². The average molecular weight is 499 g/mol. The standard InChI is InChI=1S/C28H38N2O6/c1-17(2)13-14-22(21-11-9-8-10-12-21)20(6)35-28(33)19(5)30-26(31)24-25(36-27(32)18(3)4)23(34-7)15-16-29-24/h8-12,15-20,22H,13-14H2,1-7H3,(H,30,31)/t19-,20-,22-/m0/s1. The van der Waals surface area contributed by atoms with E-state index in [1.165, 1.54) is 19.4 Å². The lowest BCUT2D eigenvalue weighted by atomic mass is 9.87. The molecule has 0 aliphatic rings. The highest BCUT2D eigenvalue weighted by Crippen LogP contribution is 2.31. The van der Waals surface area contributed by atoms with Crippen LogP contribution in [0.2, 0.25) is 0 Å². The summed E-state index contributed by atoms with van der Waals surface area (Å²) in [6, 6.07) is 10.5. The number of methoxy groups -OCH3 is 1. The van der Waals surface area contributed by atoms with Crippen molar-refractivity contribution in [2.24, 2.45) is 11.8 Å². The largest absolute Gasteiger partial charge is 0.493 e. The maximum Gasteiger partial charge on any atom is 0.328 e. The third-order valence-corrected chi connectivity index (χ3v) is 5.83. The first-order valence-corrected chi connectivity index (χ1v) is 12.4. The van der Waals surface area contributed by atoms with Crippen LogP contribution in [0.3, 0.4) is 0 Å². The van der Waals surface area contributed by atoms with Gasteiger partial charge in [-0.15, -0.1) is 0 Å². The Morgan fingerprint density at radius 3 is 2.17 bits per heavy atom. The lowest BCUT2D eigenvalue weighted by Gasteiger charge is -2.26. The molecule has 36 heavy (non-hydrogen) atoms. The molecule has 1 heterocycles. The highest BCUT2D eigenvalue weighted by Gasteiger charge is 2.28. The molecule has 0 spiro atoms. The molecular formula is C28H38N2O6. The van der Waals surface area contributed by atoms with Crippen molar-refractivity contribution in [1.82, 2.24) is 10.3 Å². The second-order valence-electron chi connectivity index (χ2n) is 9.59. The molecule has 0 saturated heterocycles. The van der Waals surface area contributed by atoms with Gasteiger partial charge in [0.15, 0.2) is 11.4 Å². The molecule has 1 aromatic carbocycles. The summed E-state index contributed by atoms with van der Waals surface area (Å²) in [5, 5.41) is 2.60. The second-order valence-corrected chi connectivity index (χ2v) is 9.59. The molecule has 3 atom stereocenters. The van der Waals surface area contributed by atoms with Crippen molar-refractivity contribution in [2.75, 3.05) is 7.11 Å². The summed E-state index contributed by atoms with van der Waals surface area (Å²) in [7, 11) is 1.40. The van der Waals surface area contributed by atoms with Crippen LogP contribution in [0, 0.1) is 11.8 Å². The van der Waals surface area contributed by atoms with Crippen molar-refractivity contribution in [1.29, 1.82) is 0 Å². The van der Waals surface area contributed by atoms with E-state index in [0.29, 0.717) is 5.92 Å². The molecule has 0 fully saturated rings. The van der Waals surface area contributed by atoms with E-state index in [1.807, 2.05) is 37.3 Å². The van der Waals surface area contributed by atoms with Gasteiger partial charge in [0.1, 0.15) is 12.1 Å². The summed E-state index contributed by atoms with van der Waals surface area (Å²) in [6.45, 7) is 11.1. The van der Waals surface area contributed by atoms with Crippen molar-refractivity contribution >= 4 is 17.8 Å². The molecule has 8 nitrogen and oxygen atoms in total. The molecule has 0 radical (unpaired) electrons. The number of pyridine rings is 1. The van der Waals surface area contributed by atoms with E-state index in [9.17, 15) is 14.4 Å². The van der Waals surface area contributed by atoms with Crippen molar-refractivity contribution in [3.63, 3.8) is 0 Å². The van der Waals surface area contributed by atoms with Crippen LogP contribution in [0.25, 0.3) is 0 Å². The number of nitrogens with zero attached hydrogens (tertiary/aromatic N) is 1. The van der Waals surface area contributed by atoms with Crippen molar-refractivity contribution < 1.29 is 28.6 Å². The number of hydrogen-bond acceptors (Lipinski definition) is 7. The first kappa shape index (κ1) is 28.8. The van der Waals surface area contributed by atoms with Gasteiger partial charge in [0, 0.05) is 18.2 Å². The first-order chi connectivity index (χ1) is 17.0. The van der Waals surface area contributed by atoms with Crippen molar-refractivity contribution in [3.05, 3.63) is 53.9 Å². The van der Waals surface area contributed by atoms with Gasteiger partial charge >= 0.3 is 11.9 Å². The number of carbonyl (C=O) groups is 3. The Balaban J connectivity index is 2.14. The molecule has 1 amide bonds. The summed E-state index contributed by atoms with van der Waals surface area (Å²) in [6.07, 6.45) is 2.84. The van der Waals surface area contributed by atoms with E-state index in [2.05, 4.69) is 24.1 Å². The van der Waals surface area contributed by atoms with Gasteiger partial charge < -0.3 is 19.5 Å². The fourth-order valence-corrected chi connectivity index (χ4v) is 3.65. The summed E-state index contributed by atoms with van der Waals surface area (Å²) in [4.78, 5) is 42.1. The molecule has 1 N–H and O–H groups in total. The Hall–Kier alpha value is -3.42. The maximum atomic E-state index is 13.0. The number of benzene rings is 1. The summed E-state index contributed by atoms with van der Waals surface area (Å²) in [5.41, 5.74) is 0.947. The van der Waals surface area contributed by atoms with Gasteiger partial charge in [0.05, 0.1) is 13.0 Å². The summed E-state index contributed by atoms with van der Waals surface area (Å²) in [5.74, 6) is -1.57. The fourth-order valence-electron chi connectivity index (χ4n) is 3.65. The van der Waals surface area contributed by atoms with Crippen molar-refractivity contribution in [3.8, 4) is 11.5 Å². The molecule has 2 aromatic rings. The Kier molecular flexibility index (Phi) is 10.9. The number of nitrogens with one attached hydrogen (secondary N) is 1. The zero-order chi connectivity index (χ0) is 26.8. The molecular weight excluding hydrogens is 460 g/mol. The fraction of sp³-hybridized carbons (Fsp3) is 0.500. The molecule has 0 bridgehead atoms. The number of hydrogen-bond donors (Lipinski definition) is 1. The Labute approximate surface area is 213 Å². The molecule has 8 heteroatoms. The maximum absolute atomic E-state index is 13.0. The molecule has 2 rings (SSSR count). The highest BCUT2D eigenvalue weighted by atomic mass is 16.6. The van der Waals surface area contributed by atoms with Crippen LogP contribution in [-0.2, 0) is 14.3 Å². The van der Waals surface area contributed by atoms with Crippen LogP contribution in [0.5, 0.6) is 11.5 Å². The molecule has 1 aromatic heterocycles. The van der Waals surface area contributed by atoms with E-state index < -0.39 is 35.9 Å². The summed E-state index contributed by atoms with van der Waals surface area (Å²) < 4.78 is 16.4. The van der Waals surface area contributed by atoms with Crippen LogP contribution < -0.4 is 14.8 Å². The number of esters is 2. The van der Waals surface area contributed by atoms with E-state index >= 15 is 0 Å². The number of amides is 1. The van der Waals surface area contributed by atoms with Gasteiger partial charge in [0.2, 0.25) is 5.75 Å². The van der Waals surface area contributed by atoms with Gasteiger partial charge in [-0.2, -0.15) is 0 Å². The predicted octanol–water partition coefficient (Wildman–Crippen LogP) is 4.92. The molecule has 196 valence electrons. The van der Waals surface area contributed by atoms with Gasteiger partial charge in [-0.25, -0.2) is 9.78 Å². The minimum absolute atomic E-state index is 0.0301. The number of ether oxygens (including phenoxy) is 3. The molecule has 0 aliphatic carbocycles. The van der Waals surface area contributed by atoms with Crippen LogP contribution in [0.1, 0.15) is 76.4 Å². The minimum atomic E-state index is -0.955. The number of rotatable bonds is 12. The van der Waals surface area contributed by atoms with Crippen LogP contribution >= 0.6 is 0 Å². The second kappa shape index (κ2) is 13.6. The lowest BCUT2D eigenvalue weighted by Crippen LogP contribution is -2.41. The quantitative estimate of drug-likeness (QED) is 0.414. The van der Waals surface area contributed by atoms with E-state index in [1.54, 1.807) is 20.8 Å².